The standard InChI is InChI=1S/C10H13F3N2O5/c1-3-20-8(17)6-4-14-15(7(6)9(11,12)13)10(18,19)5(2)16/h4-5,16,18-19H,3H2,1-2H3. The topological polar surface area (TPSA) is 105 Å². The van der Waals surface area contributed by atoms with Crippen LogP contribution >= 0.6 is 0 Å². The number of alkyl halides is 3. The van der Waals surface area contributed by atoms with Crippen LogP contribution in [0, 0.1) is 0 Å². The van der Waals surface area contributed by atoms with E-state index < -0.39 is 35.4 Å². The Kier molecular flexibility index (Phi) is 4.42. The van der Waals surface area contributed by atoms with Gasteiger partial charge in [-0.15, -0.1) is 0 Å². The Hall–Kier alpha value is -1.65. The number of aliphatic hydroxyl groups is 3. The second kappa shape index (κ2) is 5.38. The molecule has 0 aromatic carbocycles. The van der Waals surface area contributed by atoms with Crippen molar-refractivity contribution >= 4 is 5.97 Å². The lowest BCUT2D eigenvalue weighted by molar-refractivity contribution is -0.294. The van der Waals surface area contributed by atoms with Gasteiger partial charge in [-0.3, -0.25) is 0 Å². The summed E-state index contributed by atoms with van der Waals surface area (Å²) in [5.41, 5.74) is -2.70. The molecule has 0 saturated carbocycles. The van der Waals surface area contributed by atoms with E-state index in [4.69, 9.17) is 5.11 Å². The van der Waals surface area contributed by atoms with Gasteiger partial charge in [-0.1, -0.05) is 0 Å². The average molecular weight is 298 g/mol. The molecule has 1 atom stereocenters. The molecule has 1 aromatic rings. The number of carbonyl (C=O) groups is 1. The molecule has 0 radical (unpaired) electrons. The average Bonchev–Trinajstić information content (AvgIpc) is 2.73. The molecular weight excluding hydrogens is 285 g/mol. The van der Waals surface area contributed by atoms with Gasteiger partial charge in [-0.25, -0.2) is 9.48 Å². The first kappa shape index (κ1) is 16.4. The third kappa shape index (κ3) is 2.92. The Morgan fingerprint density at radius 3 is 2.45 bits per heavy atom. The fraction of sp³-hybridized carbons (Fsp3) is 0.600. The van der Waals surface area contributed by atoms with Crippen LogP contribution < -0.4 is 0 Å². The molecule has 10 heteroatoms. The van der Waals surface area contributed by atoms with Gasteiger partial charge in [0.25, 0.3) is 5.91 Å². The largest absolute Gasteiger partial charge is 0.462 e. The first-order valence-electron chi connectivity index (χ1n) is 5.49. The van der Waals surface area contributed by atoms with E-state index in [0.29, 0.717) is 6.20 Å². The van der Waals surface area contributed by atoms with Crippen molar-refractivity contribution < 1.29 is 38.0 Å². The number of hydrogen-bond acceptors (Lipinski definition) is 6. The Morgan fingerprint density at radius 2 is 2.05 bits per heavy atom. The van der Waals surface area contributed by atoms with Gasteiger partial charge >= 0.3 is 12.1 Å². The quantitative estimate of drug-likeness (QED) is 0.536. The zero-order valence-electron chi connectivity index (χ0n) is 10.5. The van der Waals surface area contributed by atoms with E-state index in [2.05, 4.69) is 9.84 Å². The lowest BCUT2D eigenvalue weighted by Crippen LogP contribution is -2.46. The van der Waals surface area contributed by atoms with Gasteiger partial charge in [0.05, 0.1) is 12.8 Å². The molecule has 1 heterocycles. The van der Waals surface area contributed by atoms with Gasteiger partial charge in [0, 0.05) is 0 Å². The molecule has 0 fully saturated rings. The molecular formula is C10H13F3N2O5. The molecule has 0 aliphatic rings. The second-order valence-electron chi connectivity index (χ2n) is 3.90. The molecule has 0 saturated heterocycles. The predicted molar refractivity (Wildman–Crippen MR) is 57.3 cm³/mol. The summed E-state index contributed by atoms with van der Waals surface area (Å²) in [4.78, 5) is 11.4. The zero-order valence-corrected chi connectivity index (χ0v) is 10.5. The van der Waals surface area contributed by atoms with E-state index >= 15 is 0 Å². The lowest BCUT2D eigenvalue weighted by atomic mass is 10.2. The fourth-order valence-corrected chi connectivity index (χ4v) is 1.41. The third-order valence-electron chi connectivity index (χ3n) is 2.41. The smallest absolute Gasteiger partial charge is 0.434 e. The second-order valence-corrected chi connectivity index (χ2v) is 3.90. The van der Waals surface area contributed by atoms with Gasteiger partial charge in [0.2, 0.25) is 0 Å². The summed E-state index contributed by atoms with van der Waals surface area (Å²) in [5, 5.41) is 31.2. The van der Waals surface area contributed by atoms with Crippen LogP contribution in [-0.2, 0) is 16.8 Å². The van der Waals surface area contributed by atoms with Gasteiger partial charge < -0.3 is 20.1 Å². The van der Waals surface area contributed by atoms with Crippen molar-refractivity contribution in [2.24, 2.45) is 0 Å². The highest BCUT2D eigenvalue weighted by Crippen LogP contribution is 2.35. The maximum absolute atomic E-state index is 13.0. The minimum Gasteiger partial charge on any atom is -0.462 e. The highest BCUT2D eigenvalue weighted by atomic mass is 19.4. The summed E-state index contributed by atoms with van der Waals surface area (Å²) in [6.45, 7) is 2.08. The van der Waals surface area contributed by atoms with Crippen molar-refractivity contribution in [1.82, 2.24) is 9.78 Å². The van der Waals surface area contributed by atoms with Gasteiger partial charge in [0.1, 0.15) is 11.7 Å². The number of hydrogen-bond donors (Lipinski definition) is 3. The molecule has 7 nitrogen and oxygen atoms in total. The Balaban J connectivity index is 3.46. The normalized spacial score (nSPS) is 14.2. The fourth-order valence-electron chi connectivity index (χ4n) is 1.41. The minimum absolute atomic E-state index is 0.166. The Bertz CT molecular complexity index is 496. The molecule has 20 heavy (non-hydrogen) atoms. The van der Waals surface area contributed by atoms with Crippen LogP contribution in [0.25, 0.3) is 0 Å². The number of rotatable bonds is 4. The van der Waals surface area contributed by atoms with E-state index in [9.17, 15) is 28.2 Å². The van der Waals surface area contributed by atoms with Crippen LogP contribution in [0.4, 0.5) is 13.2 Å². The van der Waals surface area contributed by atoms with Crippen LogP contribution in [0.1, 0.15) is 29.9 Å². The summed E-state index contributed by atoms with van der Waals surface area (Å²) in [5.74, 6) is -4.64. The lowest BCUT2D eigenvalue weighted by Gasteiger charge is -2.27. The first-order chi connectivity index (χ1) is 9.03. The van der Waals surface area contributed by atoms with Crippen molar-refractivity contribution in [1.29, 1.82) is 0 Å². The summed E-state index contributed by atoms with van der Waals surface area (Å²) >= 11 is 0. The molecule has 0 aliphatic heterocycles. The number of aromatic nitrogens is 2. The SMILES string of the molecule is CCOC(=O)c1cnn(C(O)(O)C(C)O)c1C(F)(F)F. The summed E-state index contributed by atoms with van der Waals surface area (Å²) in [6.07, 6.45) is -6.60. The van der Waals surface area contributed by atoms with E-state index in [-0.39, 0.29) is 11.3 Å². The van der Waals surface area contributed by atoms with Gasteiger partial charge in [0.15, 0.2) is 5.69 Å². The Labute approximate surface area is 111 Å². The number of aliphatic hydroxyl groups excluding tert-OH is 1. The van der Waals surface area contributed by atoms with Crippen LogP contribution in [0.15, 0.2) is 6.20 Å². The number of ether oxygens (including phenoxy) is 1. The maximum atomic E-state index is 13.0. The molecule has 1 aromatic heterocycles. The van der Waals surface area contributed by atoms with Crippen molar-refractivity contribution in [2.45, 2.75) is 32.0 Å². The number of carbonyl (C=O) groups excluding carboxylic acids is 1. The highest BCUT2D eigenvalue weighted by molar-refractivity contribution is 5.90. The van der Waals surface area contributed by atoms with Crippen LogP contribution in [0.2, 0.25) is 0 Å². The van der Waals surface area contributed by atoms with Crippen molar-refractivity contribution in [3.63, 3.8) is 0 Å². The molecule has 3 N–H and O–H groups in total. The zero-order chi connectivity index (χ0) is 15.7. The van der Waals surface area contributed by atoms with E-state index in [1.807, 2.05) is 0 Å². The third-order valence-corrected chi connectivity index (χ3v) is 2.41. The minimum atomic E-state index is -5.11. The molecule has 1 unspecified atom stereocenters. The van der Waals surface area contributed by atoms with E-state index in [1.54, 1.807) is 0 Å². The van der Waals surface area contributed by atoms with Crippen LogP contribution in [-0.4, -0.2) is 43.8 Å². The predicted octanol–water partition coefficient (Wildman–Crippen LogP) is 0.0543. The van der Waals surface area contributed by atoms with Gasteiger partial charge in [-0.05, 0) is 13.8 Å². The van der Waals surface area contributed by atoms with Crippen molar-refractivity contribution in [3.8, 4) is 0 Å². The first-order valence-corrected chi connectivity index (χ1v) is 5.49. The number of halogens is 3. The summed E-state index contributed by atoms with van der Waals surface area (Å²) in [6, 6.07) is 0. The molecule has 114 valence electrons. The van der Waals surface area contributed by atoms with E-state index in [0.717, 1.165) is 6.92 Å². The molecule has 0 bridgehead atoms. The highest BCUT2D eigenvalue weighted by Gasteiger charge is 2.47. The Morgan fingerprint density at radius 1 is 1.50 bits per heavy atom. The van der Waals surface area contributed by atoms with Crippen molar-refractivity contribution in [2.75, 3.05) is 6.61 Å². The summed E-state index contributed by atoms with van der Waals surface area (Å²) < 4.78 is 43.1. The molecule has 0 spiro atoms. The van der Waals surface area contributed by atoms with Crippen LogP contribution in [0.5, 0.6) is 0 Å². The number of esters is 1. The van der Waals surface area contributed by atoms with E-state index in [1.165, 1.54) is 6.92 Å². The maximum Gasteiger partial charge on any atom is 0.434 e. The number of nitrogens with zero attached hydrogens (tertiary/aromatic N) is 2. The van der Waals surface area contributed by atoms with Crippen molar-refractivity contribution in [3.05, 3.63) is 17.5 Å². The summed E-state index contributed by atoms with van der Waals surface area (Å²) in [7, 11) is 0. The molecule has 1 rings (SSSR count). The van der Waals surface area contributed by atoms with Crippen LogP contribution in [0.3, 0.4) is 0 Å². The molecule has 0 aliphatic carbocycles. The monoisotopic (exact) mass is 298 g/mol. The van der Waals surface area contributed by atoms with Gasteiger partial charge in [-0.2, -0.15) is 18.3 Å². The molecule has 0 amide bonds.